The molecule has 0 unspecified atom stereocenters. The van der Waals surface area contributed by atoms with E-state index in [1.807, 2.05) is 0 Å². The summed E-state index contributed by atoms with van der Waals surface area (Å²) in [6, 6.07) is 2.50. The third kappa shape index (κ3) is 4.27. The monoisotopic (exact) mass is 360 g/mol. The number of anilines is 2. The smallest absolute Gasteiger partial charge is 0.207 e. The Bertz CT molecular complexity index is 891. The van der Waals surface area contributed by atoms with Gasteiger partial charge in [-0.2, -0.15) is 0 Å². The molecular formula is C18H20N2O6. The van der Waals surface area contributed by atoms with Gasteiger partial charge in [0.1, 0.15) is 22.6 Å². The number of Topliss-reactive ketones (excluding diaryl/α,β-unsaturated/α-hetero) is 2. The highest BCUT2D eigenvalue weighted by molar-refractivity contribution is 5.98. The van der Waals surface area contributed by atoms with Crippen molar-refractivity contribution in [2.45, 2.75) is 27.7 Å². The van der Waals surface area contributed by atoms with Crippen LogP contribution in [0.5, 0.6) is 0 Å². The second-order valence-electron chi connectivity index (χ2n) is 5.82. The first-order chi connectivity index (χ1) is 12.2. The molecule has 8 nitrogen and oxygen atoms in total. The van der Waals surface area contributed by atoms with Gasteiger partial charge in [0.2, 0.25) is 11.8 Å². The Labute approximate surface area is 149 Å². The van der Waals surface area contributed by atoms with E-state index >= 15 is 0 Å². The van der Waals surface area contributed by atoms with Crippen molar-refractivity contribution in [1.82, 2.24) is 0 Å². The van der Waals surface area contributed by atoms with Crippen LogP contribution in [0.3, 0.4) is 0 Å². The molecule has 26 heavy (non-hydrogen) atoms. The highest BCUT2D eigenvalue weighted by Gasteiger charge is 2.17. The molecule has 0 bridgehead atoms. The van der Waals surface area contributed by atoms with Crippen molar-refractivity contribution in [3.05, 3.63) is 55.2 Å². The zero-order valence-electron chi connectivity index (χ0n) is 15.0. The lowest BCUT2D eigenvalue weighted by Gasteiger charge is -2.12. The summed E-state index contributed by atoms with van der Waals surface area (Å²) in [5.41, 5.74) is -0.940. The molecule has 0 aromatic carbocycles. The average molecular weight is 360 g/mol. The van der Waals surface area contributed by atoms with Crippen molar-refractivity contribution in [3.8, 4) is 0 Å². The van der Waals surface area contributed by atoms with Crippen LogP contribution in [0.4, 0.5) is 11.8 Å². The highest BCUT2D eigenvalue weighted by atomic mass is 16.4. The van der Waals surface area contributed by atoms with E-state index in [9.17, 15) is 19.2 Å². The van der Waals surface area contributed by atoms with Crippen LogP contribution in [-0.2, 0) is 0 Å². The third-order valence-corrected chi connectivity index (χ3v) is 3.54. The van der Waals surface area contributed by atoms with Gasteiger partial charge >= 0.3 is 0 Å². The minimum Gasteiger partial charge on any atom is -0.445 e. The Morgan fingerprint density at radius 1 is 0.808 bits per heavy atom. The Balaban J connectivity index is 2.14. The van der Waals surface area contributed by atoms with Crippen LogP contribution >= 0.6 is 0 Å². The number of carbonyl (C=O) groups is 2. The number of hydrogen-bond acceptors (Lipinski definition) is 8. The Hall–Kier alpha value is -3.16. The molecule has 0 atom stereocenters. The van der Waals surface area contributed by atoms with Crippen molar-refractivity contribution in [2.24, 2.45) is 0 Å². The molecule has 138 valence electrons. The van der Waals surface area contributed by atoms with E-state index in [2.05, 4.69) is 10.6 Å². The number of carbonyl (C=O) groups excluding carboxylic acids is 2. The molecular weight excluding hydrogens is 340 g/mol. The first kappa shape index (κ1) is 19.2. The van der Waals surface area contributed by atoms with Crippen LogP contribution in [0.2, 0.25) is 0 Å². The zero-order chi connectivity index (χ0) is 19.4. The van der Waals surface area contributed by atoms with E-state index < -0.39 is 22.4 Å². The van der Waals surface area contributed by atoms with Crippen LogP contribution < -0.4 is 21.5 Å². The molecule has 2 N–H and O–H groups in total. The first-order valence-electron chi connectivity index (χ1n) is 7.99. The fourth-order valence-electron chi connectivity index (χ4n) is 2.49. The SMILES string of the molecule is CC(=O)c1c(NCCNc2oc(C)cc(=O)c2C(C)=O)oc(C)cc1=O. The molecule has 2 aromatic rings. The van der Waals surface area contributed by atoms with Gasteiger partial charge in [0.15, 0.2) is 22.4 Å². The van der Waals surface area contributed by atoms with Crippen LogP contribution in [0, 0.1) is 13.8 Å². The van der Waals surface area contributed by atoms with Crippen molar-refractivity contribution in [2.75, 3.05) is 23.7 Å². The maximum atomic E-state index is 11.9. The molecule has 2 rings (SSSR count). The van der Waals surface area contributed by atoms with Crippen LogP contribution in [0.15, 0.2) is 30.6 Å². The molecule has 0 spiro atoms. The van der Waals surface area contributed by atoms with E-state index in [0.717, 1.165) is 0 Å². The highest BCUT2D eigenvalue weighted by Crippen LogP contribution is 2.16. The lowest BCUT2D eigenvalue weighted by atomic mass is 10.2. The molecule has 0 radical (unpaired) electrons. The van der Waals surface area contributed by atoms with Crippen LogP contribution in [0.1, 0.15) is 46.1 Å². The minimum absolute atomic E-state index is 0.0536. The van der Waals surface area contributed by atoms with Gasteiger partial charge in [0, 0.05) is 25.2 Å². The van der Waals surface area contributed by atoms with E-state index in [0.29, 0.717) is 11.5 Å². The molecule has 0 aliphatic rings. The average Bonchev–Trinajstić information content (AvgIpc) is 2.49. The van der Waals surface area contributed by atoms with Crippen molar-refractivity contribution in [1.29, 1.82) is 0 Å². The van der Waals surface area contributed by atoms with Crippen LogP contribution in [-0.4, -0.2) is 24.7 Å². The van der Waals surface area contributed by atoms with Crippen LogP contribution in [0.25, 0.3) is 0 Å². The second-order valence-corrected chi connectivity index (χ2v) is 5.82. The molecule has 8 heteroatoms. The molecule has 0 amide bonds. The molecule has 0 fully saturated rings. The van der Waals surface area contributed by atoms with Gasteiger partial charge in [-0.1, -0.05) is 0 Å². The van der Waals surface area contributed by atoms with Crippen molar-refractivity contribution < 1.29 is 18.4 Å². The van der Waals surface area contributed by atoms with E-state index in [-0.39, 0.29) is 36.0 Å². The number of nitrogens with one attached hydrogen (secondary N) is 2. The third-order valence-electron chi connectivity index (χ3n) is 3.54. The summed E-state index contributed by atoms with van der Waals surface area (Å²) in [6.45, 7) is 6.28. The quantitative estimate of drug-likeness (QED) is 0.569. The van der Waals surface area contributed by atoms with Gasteiger partial charge in [-0.05, 0) is 27.7 Å². The molecule has 0 aliphatic heterocycles. The summed E-state index contributed by atoms with van der Waals surface area (Å²) < 4.78 is 10.8. The van der Waals surface area contributed by atoms with Gasteiger partial charge < -0.3 is 19.5 Å². The van der Waals surface area contributed by atoms with Gasteiger partial charge in [0.25, 0.3) is 0 Å². The fraction of sp³-hybridized carbons (Fsp3) is 0.333. The van der Waals surface area contributed by atoms with Gasteiger partial charge in [-0.15, -0.1) is 0 Å². The molecule has 2 heterocycles. The lowest BCUT2D eigenvalue weighted by molar-refractivity contribution is 0.100. The van der Waals surface area contributed by atoms with E-state index in [1.54, 1.807) is 13.8 Å². The summed E-state index contributed by atoms with van der Waals surface area (Å²) in [6.07, 6.45) is 0. The fourth-order valence-corrected chi connectivity index (χ4v) is 2.49. The molecule has 2 aromatic heterocycles. The van der Waals surface area contributed by atoms with Crippen molar-refractivity contribution in [3.63, 3.8) is 0 Å². The first-order valence-corrected chi connectivity index (χ1v) is 7.99. The van der Waals surface area contributed by atoms with E-state index in [1.165, 1.54) is 26.0 Å². The maximum absolute atomic E-state index is 11.9. The van der Waals surface area contributed by atoms with Gasteiger partial charge in [0.05, 0.1) is 0 Å². The summed E-state index contributed by atoms with van der Waals surface area (Å²) in [5, 5.41) is 5.74. The van der Waals surface area contributed by atoms with E-state index in [4.69, 9.17) is 8.83 Å². The Kier molecular flexibility index (Phi) is 5.76. The normalized spacial score (nSPS) is 10.5. The summed E-state index contributed by atoms with van der Waals surface area (Å²) in [7, 11) is 0. The standard InChI is InChI=1S/C18H20N2O6/c1-9-7-13(23)15(11(3)21)17(25-9)19-5-6-20-18-16(12(4)22)14(24)8-10(2)26-18/h7-8,19-20H,5-6H2,1-4H3. The number of hydrogen-bond donors (Lipinski definition) is 2. The predicted molar refractivity (Wildman–Crippen MR) is 96.4 cm³/mol. The Morgan fingerprint density at radius 2 is 1.15 bits per heavy atom. The Morgan fingerprint density at radius 3 is 1.46 bits per heavy atom. The zero-order valence-corrected chi connectivity index (χ0v) is 15.0. The predicted octanol–water partition coefficient (Wildman–Crippen LogP) is 2.14. The van der Waals surface area contributed by atoms with Gasteiger partial charge in [-0.3, -0.25) is 19.2 Å². The second kappa shape index (κ2) is 7.81. The number of ketones is 2. The van der Waals surface area contributed by atoms with Crippen molar-refractivity contribution >= 4 is 23.3 Å². The number of aryl methyl sites for hydroxylation is 2. The topological polar surface area (TPSA) is 119 Å². The molecule has 0 saturated heterocycles. The largest absolute Gasteiger partial charge is 0.445 e. The summed E-state index contributed by atoms with van der Waals surface area (Å²) >= 11 is 0. The maximum Gasteiger partial charge on any atom is 0.207 e. The lowest BCUT2D eigenvalue weighted by Crippen LogP contribution is -2.22. The summed E-state index contributed by atoms with van der Waals surface area (Å²) in [5.74, 6) is 0.108. The molecule has 0 saturated carbocycles. The summed E-state index contributed by atoms with van der Waals surface area (Å²) in [4.78, 5) is 47.1. The minimum atomic E-state index is -0.416. The number of rotatable bonds is 7. The van der Waals surface area contributed by atoms with Gasteiger partial charge in [-0.25, -0.2) is 0 Å². The molecule has 0 aliphatic carbocycles.